The highest BCUT2D eigenvalue weighted by Crippen LogP contribution is 2.29. The van der Waals surface area contributed by atoms with Crippen LogP contribution in [0.1, 0.15) is 64.2 Å². The van der Waals surface area contributed by atoms with Gasteiger partial charge in [-0.15, -0.1) is 0 Å². The standard InChI is InChI=1S/C12H24O4/c13-11(14)9-7-5-3-1-2-4-6-8-10-12(11,15)16/h13-16H,1-10H2. The molecule has 0 unspecified atom stereocenters. The van der Waals surface area contributed by atoms with Gasteiger partial charge in [0, 0.05) is 12.8 Å². The molecule has 0 aliphatic heterocycles. The molecule has 16 heavy (non-hydrogen) atoms. The predicted octanol–water partition coefficient (Wildman–Crippen LogP) is 1.26. The summed E-state index contributed by atoms with van der Waals surface area (Å²) in [6.45, 7) is 0. The summed E-state index contributed by atoms with van der Waals surface area (Å²) in [5, 5.41) is 38.6. The highest BCUT2D eigenvalue weighted by Gasteiger charge is 2.45. The molecule has 96 valence electrons. The number of aliphatic hydroxyl groups is 4. The van der Waals surface area contributed by atoms with Gasteiger partial charge >= 0.3 is 0 Å². The van der Waals surface area contributed by atoms with E-state index in [1.165, 1.54) is 12.8 Å². The maximum Gasteiger partial charge on any atom is 0.218 e. The first-order chi connectivity index (χ1) is 7.46. The van der Waals surface area contributed by atoms with E-state index >= 15 is 0 Å². The molecule has 4 nitrogen and oxygen atoms in total. The summed E-state index contributed by atoms with van der Waals surface area (Å²) >= 11 is 0. The van der Waals surface area contributed by atoms with Crippen molar-refractivity contribution in [3.05, 3.63) is 0 Å². The van der Waals surface area contributed by atoms with Crippen molar-refractivity contribution in [2.75, 3.05) is 0 Å². The fourth-order valence-corrected chi connectivity index (χ4v) is 2.20. The first-order valence-corrected chi connectivity index (χ1v) is 6.35. The van der Waals surface area contributed by atoms with Crippen molar-refractivity contribution in [1.29, 1.82) is 0 Å². The summed E-state index contributed by atoms with van der Waals surface area (Å²) in [6, 6.07) is 0. The monoisotopic (exact) mass is 232 g/mol. The van der Waals surface area contributed by atoms with E-state index in [1.54, 1.807) is 0 Å². The third-order valence-corrected chi connectivity index (χ3v) is 3.44. The highest BCUT2D eigenvalue weighted by molar-refractivity contribution is 4.82. The first-order valence-electron chi connectivity index (χ1n) is 6.35. The minimum absolute atomic E-state index is 0.0278. The average molecular weight is 232 g/mol. The molecule has 0 aromatic rings. The van der Waals surface area contributed by atoms with Crippen LogP contribution in [0.4, 0.5) is 0 Å². The van der Waals surface area contributed by atoms with Crippen LogP contribution in [0, 0.1) is 0 Å². The first kappa shape index (κ1) is 13.9. The van der Waals surface area contributed by atoms with Crippen LogP contribution in [-0.4, -0.2) is 32.0 Å². The van der Waals surface area contributed by atoms with Crippen LogP contribution in [-0.2, 0) is 0 Å². The molecule has 0 atom stereocenters. The summed E-state index contributed by atoms with van der Waals surface area (Å²) in [5.74, 6) is -4.74. The van der Waals surface area contributed by atoms with Crippen molar-refractivity contribution < 1.29 is 20.4 Å². The normalized spacial score (nSPS) is 27.8. The highest BCUT2D eigenvalue weighted by atomic mass is 16.6. The van der Waals surface area contributed by atoms with Gasteiger partial charge < -0.3 is 20.4 Å². The second-order valence-electron chi connectivity index (χ2n) is 4.96. The molecular formula is C12H24O4. The predicted molar refractivity (Wildman–Crippen MR) is 60.5 cm³/mol. The van der Waals surface area contributed by atoms with Crippen LogP contribution in [0.2, 0.25) is 0 Å². The van der Waals surface area contributed by atoms with Crippen LogP contribution in [0.5, 0.6) is 0 Å². The molecule has 0 heterocycles. The molecule has 4 N–H and O–H groups in total. The molecule has 0 saturated heterocycles. The van der Waals surface area contributed by atoms with Crippen LogP contribution in [0.15, 0.2) is 0 Å². The van der Waals surface area contributed by atoms with E-state index < -0.39 is 11.6 Å². The quantitative estimate of drug-likeness (QED) is 0.474. The van der Waals surface area contributed by atoms with Gasteiger partial charge in [0.25, 0.3) is 0 Å². The van der Waals surface area contributed by atoms with Gasteiger partial charge in [-0.05, 0) is 12.8 Å². The molecule has 0 spiro atoms. The van der Waals surface area contributed by atoms with Crippen molar-refractivity contribution in [2.45, 2.75) is 75.8 Å². The van der Waals surface area contributed by atoms with Crippen molar-refractivity contribution in [1.82, 2.24) is 0 Å². The number of hydrogen-bond donors (Lipinski definition) is 4. The average Bonchev–Trinajstić information content (AvgIpc) is 2.19. The van der Waals surface area contributed by atoms with Crippen LogP contribution in [0.25, 0.3) is 0 Å². The Bertz CT molecular complexity index is 179. The maximum absolute atomic E-state index is 9.64. The molecule has 0 aromatic heterocycles. The van der Waals surface area contributed by atoms with E-state index in [0.29, 0.717) is 12.8 Å². The summed E-state index contributed by atoms with van der Waals surface area (Å²) in [4.78, 5) is 0. The molecule has 4 heteroatoms. The maximum atomic E-state index is 9.64. The lowest BCUT2D eigenvalue weighted by Gasteiger charge is -2.35. The second-order valence-corrected chi connectivity index (χ2v) is 4.96. The Morgan fingerprint density at radius 3 is 1.00 bits per heavy atom. The van der Waals surface area contributed by atoms with E-state index in [0.717, 1.165) is 25.7 Å². The Kier molecular flexibility index (Phi) is 5.18. The molecule has 0 bridgehead atoms. The summed E-state index contributed by atoms with van der Waals surface area (Å²) < 4.78 is 0. The van der Waals surface area contributed by atoms with Gasteiger partial charge in [0.05, 0.1) is 0 Å². The fraction of sp³-hybridized carbons (Fsp3) is 1.00. The molecule has 1 aliphatic carbocycles. The summed E-state index contributed by atoms with van der Waals surface area (Å²) in [6.07, 6.45) is 7.67. The van der Waals surface area contributed by atoms with Gasteiger partial charge in [-0.3, -0.25) is 0 Å². The van der Waals surface area contributed by atoms with Gasteiger partial charge in [-0.1, -0.05) is 38.5 Å². The smallest absolute Gasteiger partial charge is 0.218 e. The van der Waals surface area contributed by atoms with Crippen LogP contribution in [0.3, 0.4) is 0 Å². The molecule has 0 radical (unpaired) electrons. The van der Waals surface area contributed by atoms with E-state index in [4.69, 9.17) is 0 Å². The second kappa shape index (κ2) is 5.96. The van der Waals surface area contributed by atoms with Crippen LogP contribution >= 0.6 is 0 Å². The molecule has 0 amide bonds. The minimum atomic E-state index is -2.37. The molecule has 1 rings (SSSR count). The Labute approximate surface area is 96.9 Å². The third-order valence-electron chi connectivity index (χ3n) is 3.44. The molecule has 0 aromatic carbocycles. The zero-order valence-electron chi connectivity index (χ0n) is 9.86. The van der Waals surface area contributed by atoms with Crippen molar-refractivity contribution in [2.24, 2.45) is 0 Å². The lowest BCUT2D eigenvalue weighted by molar-refractivity contribution is -0.361. The fourth-order valence-electron chi connectivity index (χ4n) is 2.20. The molecule has 1 aliphatic rings. The van der Waals surface area contributed by atoms with Crippen molar-refractivity contribution in [3.63, 3.8) is 0 Å². The van der Waals surface area contributed by atoms with E-state index in [1.807, 2.05) is 0 Å². The Morgan fingerprint density at radius 1 is 0.438 bits per heavy atom. The largest absolute Gasteiger partial charge is 0.361 e. The van der Waals surface area contributed by atoms with E-state index in [-0.39, 0.29) is 12.8 Å². The van der Waals surface area contributed by atoms with Gasteiger partial charge in [0.15, 0.2) is 0 Å². The topological polar surface area (TPSA) is 80.9 Å². The lowest BCUT2D eigenvalue weighted by atomic mass is 9.92. The summed E-state index contributed by atoms with van der Waals surface area (Å²) in [7, 11) is 0. The SMILES string of the molecule is OC1(O)CCCCCCCCCCC1(O)O. The Balaban J connectivity index is 2.54. The third kappa shape index (κ3) is 4.01. The Hall–Kier alpha value is -0.160. The number of hydrogen-bond acceptors (Lipinski definition) is 4. The molecule has 1 saturated carbocycles. The molecule has 1 fully saturated rings. The Morgan fingerprint density at radius 2 is 0.688 bits per heavy atom. The zero-order chi connectivity index (χ0) is 12.1. The zero-order valence-corrected chi connectivity index (χ0v) is 9.86. The van der Waals surface area contributed by atoms with Crippen molar-refractivity contribution >= 4 is 0 Å². The summed E-state index contributed by atoms with van der Waals surface area (Å²) in [5.41, 5.74) is 0. The van der Waals surface area contributed by atoms with E-state index in [9.17, 15) is 20.4 Å². The van der Waals surface area contributed by atoms with Gasteiger partial charge in [-0.25, -0.2) is 0 Å². The molecular weight excluding hydrogens is 208 g/mol. The van der Waals surface area contributed by atoms with Crippen molar-refractivity contribution in [3.8, 4) is 0 Å². The van der Waals surface area contributed by atoms with Gasteiger partial charge in [0.1, 0.15) is 0 Å². The van der Waals surface area contributed by atoms with Crippen LogP contribution < -0.4 is 0 Å². The minimum Gasteiger partial charge on any atom is -0.361 e. The van der Waals surface area contributed by atoms with Gasteiger partial charge in [0.2, 0.25) is 11.6 Å². The van der Waals surface area contributed by atoms with Gasteiger partial charge in [-0.2, -0.15) is 0 Å². The lowest BCUT2D eigenvalue weighted by Crippen LogP contribution is -2.54. The van der Waals surface area contributed by atoms with E-state index in [2.05, 4.69) is 0 Å². The number of rotatable bonds is 0.